The van der Waals surface area contributed by atoms with Gasteiger partial charge in [0.2, 0.25) is 0 Å². The summed E-state index contributed by atoms with van der Waals surface area (Å²) < 4.78 is 0. The van der Waals surface area contributed by atoms with Gasteiger partial charge in [0.15, 0.2) is 5.60 Å². The van der Waals surface area contributed by atoms with Crippen LogP contribution in [0.4, 0.5) is 17.1 Å². The van der Waals surface area contributed by atoms with E-state index in [4.69, 9.17) is 5.11 Å². The normalized spacial score (nSPS) is 20.6. The molecular formula is C26H24N2O4. The van der Waals surface area contributed by atoms with Gasteiger partial charge in [-0.15, -0.1) is 0 Å². The van der Waals surface area contributed by atoms with Crippen LogP contribution in [-0.2, 0) is 10.4 Å². The summed E-state index contributed by atoms with van der Waals surface area (Å²) >= 11 is 0. The molecule has 2 N–H and O–H groups in total. The smallest absolute Gasteiger partial charge is 0.264 e. The molecule has 2 amide bonds. The predicted molar refractivity (Wildman–Crippen MR) is 124 cm³/mol. The van der Waals surface area contributed by atoms with Gasteiger partial charge in [0.1, 0.15) is 0 Å². The number of anilines is 3. The van der Waals surface area contributed by atoms with Crippen LogP contribution in [0.3, 0.4) is 0 Å². The van der Waals surface area contributed by atoms with Crippen LogP contribution >= 0.6 is 0 Å². The fraction of sp³-hybridized carbons (Fsp3) is 0.231. The fourth-order valence-corrected chi connectivity index (χ4v) is 4.87. The van der Waals surface area contributed by atoms with E-state index in [2.05, 4.69) is 0 Å². The number of carbonyl (C=O) groups is 2. The molecule has 3 aromatic rings. The van der Waals surface area contributed by atoms with Crippen molar-refractivity contribution >= 4 is 39.6 Å². The molecule has 0 fully saturated rings. The summed E-state index contributed by atoms with van der Waals surface area (Å²) in [5, 5.41) is 22.6. The lowest BCUT2D eigenvalue weighted by atomic mass is 9.82. The van der Waals surface area contributed by atoms with Crippen LogP contribution in [-0.4, -0.2) is 35.7 Å². The maximum atomic E-state index is 13.3. The molecule has 3 aromatic carbocycles. The Labute approximate surface area is 186 Å². The minimum Gasteiger partial charge on any atom is -0.396 e. The highest BCUT2D eigenvalue weighted by atomic mass is 16.3. The van der Waals surface area contributed by atoms with Crippen LogP contribution in [0.1, 0.15) is 29.3 Å². The molecule has 2 aliphatic rings. The first-order valence-corrected chi connectivity index (χ1v) is 10.7. The summed E-state index contributed by atoms with van der Waals surface area (Å²) in [6.45, 7) is 1.78. The van der Waals surface area contributed by atoms with Crippen LogP contribution in [0.15, 0.2) is 66.7 Å². The van der Waals surface area contributed by atoms with Gasteiger partial charge < -0.3 is 15.1 Å². The molecule has 0 aliphatic carbocycles. The monoisotopic (exact) mass is 428 g/mol. The Hall–Kier alpha value is -3.48. The van der Waals surface area contributed by atoms with E-state index in [1.807, 2.05) is 42.5 Å². The van der Waals surface area contributed by atoms with Crippen molar-refractivity contribution in [2.75, 3.05) is 23.5 Å². The molecule has 0 aromatic heterocycles. The lowest BCUT2D eigenvalue weighted by Crippen LogP contribution is -2.43. The summed E-state index contributed by atoms with van der Waals surface area (Å²) in [6, 6.07) is 16.8. The Kier molecular flexibility index (Phi) is 4.65. The molecule has 2 atom stereocenters. The first kappa shape index (κ1) is 20.4. The Morgan fingerprint density at radius 1 is 1.06 bits per heavy atom. The van der Waals surface area contributed by atoms with E-state index in [1.54, 1.807) is 43.2 Å². The van der Waals surface area contributed by atoms with Crippen molar-refractivity contribution in [3.8, 4) is 0 Å². The number of amides is 2. The van der Waals surface area contributed by atoms with Gasteiger partial charge in [-0.2, -0.15) is 0 Å². The third kappa shape index (κ3) is 2.66. The third-order valence-electron chi connectivity index (χ3n) is 6.58. The van der Waals surface area contributed by atoms with Crippen molar-refractivity contribution in [3.05, 3.63) is 77.9 Å². The van der Waals surface area contributed by atoms with E-state index >= 15 is 0 Å². The van der Waals surface area contributed by atoms with E-state index in [0.29, 0.717) is 28.9 Å². The Morgan fingerprint density at radius 3 is 2.56 bits per heavy atom. The molecular weight excluding hydrogens is 404 g/mol. The highest BCUT2D eigenvalue weighted by Crippen LogP contribution is 2.48. The molecule has 2 aliphatic heterocycles. The number of aliphatic hydroxyl groups is 2. The van der Waals surface area contributed by atoms with Gasteiger partial charge in [-0.1, -0.05) is 43.3 Å². The second kappa shape index (κ2) is 7.29. The van der Waals surface area contributed by atoms with E-state index in [-0.39, 0.29) is 12.5 Å². The molecule has 6 nitrogen and oxygen atoms in total. The van der Waals surface area contributed by atoms with Crippen molar-refractivity contribution in [1.82, 2.24) is 0 Å². The molecule has 5 rings (SSSR count). The number of benzene rings is 3. The van der Waals surface area contributed by atoms with Gasteiger partial charge in [0, 0.05) is 36.2 Å². The zero-order valence-corrected chi connectivity index (χ0v) is 17.9. The Bertz CT molecular complexity index is 1290. The van der Waals surface area contributed by atoms with Gasteiger partial charge >= 0.3 is 0 Å². The molecule has 0 radical (unpaired) electrons. The van der Waals surface area contributed by atoms with Crippen molar-refractivity contribution in [1.29, 1.82) is 0 Å². The van der Waals surface area contributed by atoms with Gasteiger partial charge in [-0.3, -0.25) is 14.5 Å². The molecule has 6 heteroatoms. The van der Waals surface area contributed by atoms with Gasteiger partial charge in [0.05, 0.1) is 16.9 Å². The zero-order chi connectivity index (χ0) is 22.6. The first-order valence-electron chi connectivity index (χ1n) is 10.7. The summed E-state index contributed by atoms with van der Waals surface area (Å²) in [5.74, 6) is -1.06. The number of hydrogen-bond acceptors (Lipinski definition) is 4. The SMILES string of the molecule is C[C@H](/C=C/CCO)[C@@]1(O)C(=O)N(C)c2ccc(N3C(=O)c4cccc5cccc3c45)cc21. The maximum Gasteiger partial charge on any atom is 0.264 e. The topological polar surface area (TPSA) is 81.1 Å². The van der Waals surface area contributed by atoms with Crippen LogP contribution in [0, 0.1) is 5.92 Å². The third-order valence-corrected chi connectivity index (χ3v) is 6.58. The maximum absolute atomic E-state index is 13.3. The molecule has 0 saturated carbocycles. The van der Waals surface area contributed by atoms with E-state index < -0.39 is 17.4 Å². The molecule has 0 unspecified atom stereocenters. The lowest BCUT2D eigenvalue weighted by molar-refractivity contribution is -0.139. The van der Waals surface area contributed by atoms with Crippen molar-refractivity contribution in [2.45, 2.75) is 18.9 Å². The first-order chi connectivity index (χ1) is 15.4. The lowest BCUT2D eigenvalue weighted by Gasteiger charge is -2.27. The Morgan fingerprint density at radius 2 is 1.81 bits per heavy atom. The number of aliphatic hydroxyl groups excluding tert-OH is 1. The van der Waals surface area contributed by atoms with Gasteiger partial charge in [0.25, 0.3) is 11.8 Å². The van der Waals surface area contributed by atoms with Gasteiger partial charge in [-0.25, -0.2) is 0 Å². The van der Waals surface area contributed by atoms with Crippen molar-refractivity contribution in [3.63, 3.8) is 0 Å². The van der Waals surface area contributed by atoms with Crippen LogP contribution in [0.2, 0.25) is 0 Å². The summed E-state index contributed by atoms with van der Waals surface area (Å²) in [5.41, 5.74) is 1.37. The summed E-state index contributed by atoms with van der Waals surface area (Å²) in [6.07, 6.45) is 3.96. The average Bonchev–Trinajstić information content (AvgIpc) is 3.20. The van der Waals surface area contributed by atoms with E-state index in [1.165, 1.54) is 4.90 Å². The average molecular weight is 428 g/mol. The number of rotatable bonds is 5. The quantitative estimate of drug-likeness (QED) is 0.605. The highest BCUT2D eigenvalue weighted by molar-refractivity contribution is 6.28. The molecule has 2 heterocycles. The number of fused-ring (bicyclic) bond motifs is 1. The molecule has 32 heavy (non-hydrogen) atoms. The zero-order valence-electron chi connectivity index (χ0n) is 17.9. The van der Waals surface area contributed by atoms with Gasteiger partial charge in [-0.05, 0) is 42.1 Å². The van der Waals surface area contributed by atoms with Crippen LogP contribution < -0.4 is 9.80 Å². The molecule has 162 valence electrons. The Balaban J connectivity index is 1.64. The number of nitrogens with zero attached hydrogens (tertiary/aromatic N) is 2. The molecule has 0 spiro atoms. The molecule has 0 bridgehead atoms. The van der Waals surface area contributed by atoms with Crippen molar-refractivity contribution in [2.24, 2.45) is 5.92 Å². The van der Waals surface area contributed by atoms with E-state index in [0.717, 1.165) is 16.5 Å². The minimum absolute atomic E-state index is 0.000585. The largest absolute Gasteiger partial charge is 0.396 e. The second-order valence-corrected chi connectivity index (χ2v) is 8.38. The summed E-state index contributed by atoms with van der Waals surface area (Å²) in [7, 11) is 1.64. The van der Waals surface area contributed by atoms with Crippen LogP contribution in [0.5, 0.6) is 0 Å². The number of likely N-dealkylation sites (N-methyl/N-ethyl adjacent to an activating group) is 1. The van der Waals surface area contributed by atoms with E-state index in [9.17, 15) is 14.7 Å². The number of hydrogen-bond donors (Lipinski definition) is 2. The van der Waals surface area contributed by atoms with Crippen molar-refractivity contribution < 1.29 is 19.8 Å². The second-order valence-electron chi connectivity index (χ2n) is 8.38. The number of carbonyl (C=O) groups excluding carboxylic acids is 2. The minimum atomic E-state index is -1.76. The standard InChI is InChI=1S/C26H24N2O4/c1-16(7-3-4-14-29)26(32)20-15-18(12-13-21(20)27(2)25(26)31)28-22-11-6-9-17-8-5-10-19(23(17)22)24(28)30/h3,5-13,15-16,29,32H,4,14H2,1-2H3/b7-3+/t16-,26+/m1/s1. The fourth-order valence-electron chi connectivity index (χ4n) is 4.87. The summed E-state index contributed by atoms with van der Waals surface area (Å²) in [4.78, 5) is 29.5. The molecule has 0 saturated heterocycles. The van der Waals surface area contributed by atoms with Crippen LogP contribution in [0.25, 0.3) is 10.8 Å². The highest BCUT2D eigenvalue weighted by Gasteiger charge is 2.51. The predicted octanol–water partition coefficient (Wildman–Crippen LogP) is 3.87.